The lowest BCUT2D eigenvalue weighted by atomic mass is 10.4. The number of hydrogen-bond donors (Lipinski definition) is 1. The summed E-state index contributed by atoms with van der Waals surface area (Å²) < 4.78 is 6.58. The maximum atomic E-state index is 11.0. The fraction of sp³-hybridized carbons (Fsp3) is 0.333. The third-order valence-corrected chi connectivity index (χ3v) is 2.47. The van der Waals surface area contributed by atoms with E-state index in [-0.39, 0.29) is 5.69 Å². The van der Waals surface area contributed by atoms with Crippen molar-refractivity contribution in [2.24, 2.45) is 7.05 Å². The van der Waals surface area contributed by atoms with Crippen LogP contribution in [0.4, 0.5) is 5.82 Å². The van der Waals surface area contributed by atoms with Gasteiger partial charge in [-0.15, -0.1) is 0 Å². The molecule has 0 unspecified atom stereocenters. The van der Waals surface area contributed by atoms with Gasteiger partial charge in [-0.25, -0.2) is 4.79 Å². The Labute approximate surface area is 83.0 Å². The monoisotopic (exact) mass is 281 g/mol. The fourth-order valence-electron chi connectivity index (χ4n) is 0.738. The van der Waals surface area contributed by atoms with E-state index in [0.717, 1.165) is 0 Å². The summed E-state index contributed by atoms with van der Waals surface area (Å²) in [6.07, 6.45) is 0. The van der Waals surface area contributed by atoms with Gasteiger partial charge in [0, 0.05) is 7.05 Å². The van der Waals surface area contributed by atoms with Gasteiger partial charge in [0.25, 0.3) is 0 Å². The molecule has 0 saturated carbocycles. The number of esters is 1. The number of rotatable bonds is 1. The molecule has 2 N–H and O–H groups in total. The Morgan fingerprint density at radius 2 is 2.33 bits per heavy atom. The van der Waals surface area contributed by atoms with Gasteiger partial charge in [-0.05, 0) is 22.6 Å². The molecule has 0 aromatic carbocycles. The van der Waals surface area contributed by atoms with Gasteiger partial charge in [0.05, 0.1) is 10.7 Å². The van der Waals surface area contributed by atoms with Crippen LogP contribution in [0.1, 0.15) is 10.5 Å². The van der Waals surface area contributed by atoms with E-state index in [0.29, 0.717) is 9.39 Å². The Morgan fingerprint density at radius 1 is 1.75 bits per heavy atom. The molecule has 1 aromatic heterocycles. The summed E-state index contributed by atoms with van der Waals surface area (Å²) in [5.74, 6) is 0.00250. The normalized spacial score (nSPS) is 9.92. The number of nitrogens with two attached hydrogens (primary N) is 1. The Morgan fingerprint density at radius 3 is 2.67 bits per heavy atom. The summed E-state index contributed by atoms with van der Waals surface area (Å²) in [6, 6.07) is 0. The smallest absolute Gasteiger partial charge is 0.359 e. The van der Waals surface area contributed by atoms with E-state index in [1.165, 1.54) is 11.8 Å². The predicted octanol–water partition coefficient (Wildman–Crippen LogP) is 0.393. The third kappa shape index (κ3) is 1.38. The van der Waals surface area contributed by atoms with E-state index in [1.54, 1.807) is 7.05 Å². The molecule has 0 aliphatic carbocycles. The molecular weight excluding hydrogens is 273 g/mol. The minimum absolute atomic E-state index is 0.262. The zero-order valence-electron chi connectivity index (χ0n) is 6.67. The molecule has 0 aliphatic heterocycles. The van der Waals surface area contributed by atoms with Gasteiger partial charge < -0.3 is 10.5 Å². The van der Waals surface area contributed by atoms with Gasteiger partial charge in [-0.2, -0.15) is 5.10 Å². The minimum atomic E-state index is -0.466. The number of hydrogen-bond acceptors (Lipinski definition) is 4. The van der Waals surface area contributed by atoms with Crippen LogP contribution in [0.25, 0.3) is 0 Å². The first-order chi connectivity index (χ1) is 5.57. The number of methoxy groups -OCH3 is 1. The lowest BCUT2D eigenvalue weighted by Crippen LogP contribution is -2.04. The van der Waals surface area contributed by atoms with Crippen molar-refractivity contribution >= 4 is 34.4 Å². The van der Waals surface area contributed by atoms with Crippen LogP contribution in [0.5, 0.6) is 0 Å². The highest BCUT2D eigenvalue weighted by molar-refractivity contribution is 14.1. The molecule has 0 fully saturated rings. The topological polar surface area (TPSA) is 70.1 Å². The Kier molecular flexibility index (Phi) is 2.55. The van der Waals surface area contributed by atoms with E-state index in [4.69, 9.17) is 5.73 Å². The van der Waals surface area contributed by atoms with Crippen LogP contribution in [0.15, 0.2) is 0 Å². The molecule has 1 aromatic rings. The number of aryl methyl sites for hydroxylation is 1. The lowest BCUT2D eigenvalue weighted by Gasteiger charge is -1.92. The second-order valence-electron chi connectivity index (χ2n) is 2.16. The fourth-order valence-corrected chi connectivity index (χ4v) is 1.42. The molecule has 1 heterocycles. The third-order valence-electron chi connectivity index (χ3n) is 1.41. The Balaban J connectivity index is 3.17. The highest BCUT2D eigenvalue weighted by Gasteiger charge is 2.18. The Bertz CT molecular complexity index is 321. The molecule has 0 bridgehead atoms. The standard InChI is InChI=1S/C6H8IN3O2/c1-10-5(8)3(7)4(9-10)6(11)12-2/h8H2,1-2H3. The number of carbonyl (C=O) groups is 1. The largest absolute Gasteiger partial charge is 0.464 e. The summed E-state index contributed by atoms with van der Waals surface area (Å²) >= 11 is 1.96. The SMILES string of the molecule is COC(=O)c1nn(C)c(N)c1I. The molecule has 0 amide bonds. The lowest BCUT2D eigenvalue weighted by molar-refractivity contribution is 0.0592. The Hall–Kier alpha value is -0.790. The van der Waals surface area contributed by atoms with Crippen molar-refractivity contribution in [3.05, 3.63) is 9.26 Å². The number of ether oxygens (including phenoxy) is 1. The van der Waals surface area contributed by atoms with Gasteiger partial charge >= 0.3 is 5.97 Å². The first-order valence-corrected chi connectivity index (χ1v) is 4.22. The van der Waals surface area contributed by atoms with E-state index in [1.807, 2.05) is 22.6 Å². The zero-order valence-corrected chi connectivity index (χ0v) is 8.82. The van der Waals surface area contributed by atoms with E-state index in [2.05, 4.69) is 9.84 Å². The van der Waals surface area contributed by atoms with E-state index < -0.39 is 5.97 Å². The second kappa shape index (κ2) is 3.30. The highest BCUT2D eigenvalue weighted by atomic mass is 127. The number of halogens is 1. The summed E-state index contributed by atoms with van der Waals surface area (Å²) in [5.41, 5.74) is 5.84. The average molecular weight is 281 g/mol. The maximum absolute atomic E-state index is 11.0. The van der Waals surface area contributed by atoms with Gasteiger partial charge in [0.15, 0.2) is 5.69 Å². The molecule has 0 spiro atoms. The van der Waals surface area contributed by atoms with Crippen LogP contribution in [0.2, 0.25) is 0 Å². The van der Waals surface area contributed by atoms with Gasteiger partial charge in [-0.3, -0.25) is 4.68 Å². The van der Waals surface area contributed by atoms with Crippen molar-refractivity contribution in [1.82, 2.24) is 9.78 Å². The zero-order chi connectivity index (χ0) is 9.30. The summed E-state index contributed by atoms with van der Waals surface area (Å²) in [6.45, 7) is 0. The second-order valence-corrected chi connectivity index (χ2v) is 3.24. The minimum Gasteiger partial charge on any atom is -0.464 e. The number of anilines is 1. The van der Waals surface area contributed by atoms with E-state index >= 15 is 0 Å². The van der Waals surface area contributed by atoms with Crippen molar-refractivity contribution < 1.29 is 9.53 Å². The van der Waals surface area contributed by atoms with E-state index in [9.17, 15) is 4.79 Å². The summed E-state index contributed by atoms with van der Waals surface area (Å²) in [5, 5.41) is 3.89. The van der Waals surface area contributed by atoms with Crippen LogP contribution in [-0.4, -0.2) is 22.9 Å². The van der Waals surface area contributed by atoms with Crippen molar-refractivity contribution in [2.45, 2.75) is 0 Å². The van der Waals surface area contributed by atoms with Crippen molar-refractivity contribution in [3.8, 4) is 0 Å². The van der Waals surface area contributed by atoms with Crippen LogP contribution < -0.4 is 5.73 Å². The number of aromatic nitrogens is 2. The molecule has 12 heavy (non-hydrogen) atoms. The van der Waals surface area contributed by atoms with Gasteiger partial charge in [0.1, 0.15) is 5.82 Å². The molecule has 0 aliphatic rings. The van der Waals surface area contributed by atoms with Gasteiger partial charge in [0.2, 0.25) is 0 Å². The van der Waals surface area contributed by atoms with Crippen molar-refractivity contribution in [3.63, 3.8) is 0 Å². The number of carbonyl (C=O) groups excluding carboxylic acids is 1. The average Bonchev–Trinajstić information content (AvgIpc) is 2.32. The molecule has 6 heteroatoms. The number of nitrogens with zero attached hydrogens (tertiary/aromatic N) is 2. The molecule has 66 valence electrons. The quantitative estimate of drug-likeness (QED) is 0.597. The van der Waals surface area contributed by atoms with Crippen molar-refractivity contribution in [1.29, 1.82) is 0 Å². The predicted molar refractivity (Wildman–Crippen MR) is 51.7 cm³/mol. The number of nitrogen functional groups attached to an aromatic ring is 1. The summed E-state index contributed by atoms with van der Waals surface area (Å²) in [4.78, 5) is 11.0. The van der Waals surface area contributed by atoms with Gasteiger partial charge in [-0.1, -0.05) is 0 Å². The molecule has 5 nitrogen and oxygen atoms in total. The molecule has 0 atom stereocenters. The summed E-state index contributed by atoms with van der Waals surface area (Å²) in [7, 11) is 2.98. The highest BCUT2D eigenvalue weighted by Crippen LogP contribution is 2.18. The van der Waals surface area contributed by atoms with Crippen molar-refractivity contribution in [2.75, 3.05) is 12.8 Å². The van der Waals surface area contributed by atoms with Crippen LogP contribution in [0.3, 0.4) is 0 Å². The molecular formula is C6H8IN3O2. The molecule has 0 saturated heterocycles. The maximum Gasteiger partial charge on any atom is 0.359 e. The first kappa shape index (κ1) is 9.30. The first-order valence-electron chi connectivity index (χ1n) is 3.14. The van der Waals surface area contributed by atoms with Crippen LogP contribution in [0, 0.1) is 3.57 Å². The molecule has 0 radical (unpaired) electrons. The van der Waals surface area contributed by atoms with Crippen LogP contribution >= 0.6 is 22.6 Å². The van der Waals surface area contributed by atoms with Crippen LogP contribution in [-0.2, 0) is 11.8 Å². The molecule has 1 rings (SSSR count).